The Morgan fingerprint density at radius 2 is 1.88 bits per heavy atom. The van der Waals surface area contributed by atoms with Gasteiger partial charge in [-0.1, -0.05) is 49.4 Å². The van der Waals surface area contributed by atoms with Gasteiger partial charge in [-0.05, 0) is 17.2 Å². The van der Waals surface area contributed by atoms with E-state index in [4.69, 9.17) is 0 Å². The average molecular weight is 349 g/mol. The van der Waals surface area contributed by atoms with Crippen molar-refractivity contribution in [2.24, 2.45) is 0 Å². The Bertz CT molecular complexity index is 1010. The van der Waals surface area contributed by atoms with E-state index in [9.17, 15) is 14.0 Å². The van der Waals surface area contributed by atoms with E-state index in [2.05, 4.69) is 10.4 Å². The van der Waals surface area contributed by atoms with E-state index in [1.807, 2.05) is 43.3 Å². The molecule has 2 aromatic carbocycles. The third kappa shape index (κ3) is 2.79. The van der Waals surface area contributed by atoms with Crippen molar-refractivity contribution in [1.29, 1.82) is 0 Å². The molecule has 0 spiro atoms. The van der Waals surface area contributed by atoms with Gasteiger partial charge in [0, 0.05) is 17.5 Å². The summed E-state index contributed by atoms with van der Waals surface area (Å²) in [6.07, 6.45) is -0.219. The van der Waals surface area contributed by atoms with Crippen LogP contribution in [0.1, 0.15) is 35.3 Å². The molecule has 0 saturated carbocycles. The normalized spacial score (nSPS) is 14.7. The smallest absolute Gasteiger partial charge is 0.258 e. The van der Waals surface area contributed by atoms with Gasteiger partial charge < -0.3 is 5.32 Å². The molecule has 0 bridgehead atoms. The van der Waals surface area contributed by atoms with Gasteiger partial charge in [0.15, 0.2) is 0 Å². The first-order chi connectivity index (χ1) is 12.5. The van der Waals surface area contributed by atoms with E-state index in [-0.39, 0.29) is 30.0 Å². The number of aromatic nitrogens is 2. The second-order valence-corrected chi connectivity index (χ2v) is 6.31. The summed E-state index contributed by atoms with van der Waals surface area (Å²) in [6, 6.07) is 16.1. The largest absolute Gasteiger partial charge is 0.310 e. The first-order valence-corrected chi connectivity index (χ1v) is 8.31. The topological polar surface area (TPSA) is 64.0 Å². The molecule has 1 N–H and O–H groups in total. The molecule has 5 nitrogen and oxygen atoms in total. The molecule has 1 atom stereocenters. The third-order valence-corrected chi connectivity index (χ3v) is 4.57. The average Bonchev–Trinajstić information content (AvgIpc) is 3.06. The van der Waals surface area contributed by atoms with E-state index in [1.54, 1.807) is 12.1 Å². The number of amides is 1. The maximum Gasteiger partial charge on any atom is 0.258 e. The number of fused-ring (bicyclic) bond motifs is 1. The lowest BCUT2D eigenvalue weighted by Crippen LogP contribution is -2.29. The molecule has 1 aliphatic heterocycles. The number of hydrogen-bond acceptors (Lipinski definition) is 3. The predicted molar refractivity (Wildman–Crippen MR) is 95.5 cm³/mol. The van der Waals surface area contributed by atoms with Crippen LogP contribution in [-0.4, -0.2) is 21.6 Å². The van der Waals surface area contributed by atoms with Crippen molar-refractivity contribution in [2.75, 3.05) is 5.32 Å². The van der Waals surface area contributed by atoms with Crippen molar-refractivity contribution in [1.82, 2.24) is 9.78 Å². The van der Waals surface area contributed by atoms with E-state index in [0.717, 1.165) is 11.1 Å². The third-order valence-electron chi connectivity index (χ3n) is 4.57. The zero-order valence-corrected chi connectivity index (χ0v) is 14.1. The molecule has 1 amide bonds. The van der Waals surface area contributed by atoms with Gasteiger partial charge in [-0.25, -0.2) is 4.39 Å². The first kappa shape index (κ1) is 16.2. The number of carbonyl (C=O) groups excluding carboxylic acids is 2. The van der Waals surface area contributed by atoms with Gasteiger partial charge in [-0.15, -0.1) is 0 Å². The van der Waals surface area contributed by atoms with Gasteiger partial charge in [0.05, 0.1) is 5.69 Å². The van der Waals surface area contributed by atoms with Gasteiger partial charge in [0.2, 0.25) is 5.91 Å². The molecule has 1 aliphatic rings. The summed E-state index contributed by atoms with van der Waals surface area (Å²) >= 11 is 0. The van der Waals surface area contributed by atoms with Gasteiger partial charge >= 0.3 is 0 Å². The Balaban J connectivity index is 1.66. The molecule has 1 aromatic heterocycles. The second kappa shape index (κ2) is 6.22. The Morgan fingerprint density at radius 1 is 1.12 bits per heavy atom. The number of carbonyl (C=O) groups is 2. The van der Waals surface area contributed by atoms with Crippen LogP contribution in [-0.2, 0) is 4.79 Å². The zero-order chi connectivity index (χ0) is 18.3. The van der Waals surface area contributed by atoms with Crippen molar-refractivity contribution >= 4 is 17.6 Å². The molecule has 0 saturated heterocycles. The van der Waals surface area contributed by atoms with Crippen LogP contribution in [0, 0.1) is 5.82 Å². The highest BCUT2D eigenvalue weighted by molar-refractivity contribution is 6.08. The van der Waals surface area contributed by atoms with Crippen molar-refractivity contribution in [2.45, 2.75) is 19.3 Å². The zero-order valence-electron chi connectivity index (χ0n) is 14.1. The summed E-state index contributed by atoms with van der Waals surface area (Å²) in [7, 11) is 0. The van der Waals surface area contributed by atoms with Crippen LogP contribution in [0.4, 0.5) is 10.2 Å². The molecule has 26 heavy (non-hydrogen) atoms. The number of rotatable bonds is 3. The number of nitrogens with one attached hydrogen (secondary N) is 1. The minimum Gasteiger partial charge on any atom is -0.310 e. The lowest BCUT2D eigenvalue weighted by molar-refractivity contribution is -0.115. The first-order valence-electron chi connectivity index (χ1n) is 8.31. The van der Waals surface area contributed by atoms with Crippen LogP contribution in [0.15, 0.2) is 54.6 Å². The van der Waals surface area contributed by atoms with Crippen molar-refractivity contribution in [3.8, 4) is 11.1 Å². The summed E-state index contributed by atoms with van der Waals surface area (Å²) in [4.78, 5) is 23.4. The van der Waals surface area contributed by atoms with Crippen molar-refractivity contribution < 1.29 is 14.0 Å². The molecular formula is C20H16FN3O2. The standard InChI is InChI=1S/C20H16FN3O2/c1-12(17-10-18-22-19(25)11-20(26)24(18)23-17)14-7-8-15(16(21)9-14)13-5-3-2-4-6-13/h2-10,12H,11H2,1H3,(H,22,25). The number of hydrogen-bond donors (Lipinski definition) is 1. The minimum absolute atomic E-state index is 0.219. The fourth-order valence-electron chi connectivity index (χ4n) is 3.11. The van der Waals surface area contributed by atoms with Crippen molar-refractivity contribution in [3.05, 3.63) is 71.7 Å². The SMILES string of the molecule is CC(c1ccc(-c2ccccc2)c(F)c1)c1cc2n(n1)C(=O)CC(=O)N2. The lowest BCUT2D eigenvalue weighted by atomic mass is 9.95. The van der Waals surface area contributed by atoms with Gasteiger partial charge in [0.1, 0.15) is 18.1 Å². The molecule has 3 aromatic rings. The fraction of sp³-hybridized carbons (Fsp3) is 0.150. The summed E-state index contributed by atoms with van der Waals surface area (Å²) < 4.78 is 15.8. The number of benzene rings is 2. The van der Waals surface area contributed by atoms with Crippen LogP contribution in [0.3, 0.4) is 0 Å². The Hall–Kier alpha value is -3.28. The summed E-state index contributed by atoms with van der Waals surface area (Å²) in [6.45, 7) is 1.89. The predicted octanol–water partition coefficient (Wildman–Crippen LogP) is 3.82. The van der Waals surface area contributed by atoms with Crippen LogP contribution >= 0.6 is 0 Å². The minimum atomic E-state index is -0.368. The summed E-state index contributed by atoms with van der Waals surface area (Å²) in [5, 5.41) is 6.91. The van der Waals surface area contributed by atoms with E-state index < -0.39 is 0 Å². The highest BCUT2D eigenvalue weighted by Crippen LogP contribution is 2.30. The highest BCUT2D eigenvalue weighted by atomic mass is 19.1. The molecule has 0 aliphatic carbocycles. The second-order valence-electron chi connectivity index (χ2n) is 6.31. The van der Waals surface area contributed by atoms with Crippen LogP contribution in [0.2, 0.25) is 0 Å². The Kier molecular flexibility index (Phi) is 3.88. The molecule has 0 fully saturated rings. The van der Waals surface area contributed by atoms with Gasteiger partial charge in [-0.3, -0.25) is 9.59 Å². The van der Waals surface area contributed by atoms with Crippen LogP contribution in [0.5, 0.6) is 0 Å². The molecule has 2 heterocycles. The van der Waals surface area contributed by atoms with Gasteiger partial charge in [0.25, 0.3) is 5.91 Å². The number of anilines is 1. The summed E-state index contributed by atoms with van der Waals surface area (Å²) in [5.74, 6) is -0.895. The monoisotopic (exact) mass is 349 g/mol. The molecule has 0 radical (unpaired) electrons. The number of halogens is 1. The Morgan fingerprint density at radius 3 is 2.62 bits per heavy atom. The molecule has 4 rings (SSSR count). The van der Waals surface area contributed by atoms with E-state index >= 15 is 0 Å². The maximum absolute atomic E-state index is 14.6. The van der Waals surface area contributed by atoms with E-state index in [1.165, 1.54) is 10.7 Å². The molecule has 1 unspecified atom stereocenters. The fourth-order valence-corrected chi connectivity index (χ4v) is 3.11. The molecule has 130 valence electrons. The molecular weight excluding hydrogens is 333 g/mol. The maximum atomic E-state index is 14.6. The van der Waals surface area contributed by atoms with Crippen molar-refractivity contribution in [3.63, 3.8) is 0 Å². The van der Waals surface area contributed by atoms with Crippen LogP contribution in [0.25, 0.3) is 11.1 Å². The highest BCUT2D eigenvalue weighted by Gasteiger charge is 2.26. The Labute approximate surface area is 149 Å². The quantitative estimate of drug-likeness (QED) is 0.731. The number of nitrogens with zero attached hydrogens (tertiary/aromatic N) is 2. The van der Waals surface area contributed by atoms with E-state index in [0.29, 0.717) is 17.1 Å². The van der Waals surface area contributed by atoms with Crippen LogP contribution < -0.4 is 5.32 Å². The lowest BCUT2D eigenvalue weighted by Gasteiger charge is -2.12. The summed E-state index contributed by atoms with van der Waals surface area (Å²) in [5.41, 5.74) is 2.70. The molecule has 6 heteroatoms. The van der Waals surface area contributed by atoms with Gasteiger partial charge in [-0.2, -0.15) is 9.78 Å².